The number of hydrogen-bond acceptors (Lipinski definition) is 4. The van der Waals surface area contributed by atoms with Gasteiger partial charge in [0.15, 0.2) is 6.29 Å². The highest BCUT2D eigenvalue weighted by Crippen LogP contribution is 2.24. The lowest BCUT2D eigenvalue weighted by atomic mass is 10.1. The van der Waals surface area contributed by atoms with Gasteiger partial charge in [0.25, 0.3) is 0 Å². The van der Waals surface area contributed by atoms with Gasteiger partial charge < -0.3 is 9.15 Å². The summed E-state index contributed by atoms with van der Waals surface area (Å²) in [6, 6.07) is 11.0. The van der Waals surface area contributed by atoms with Crippen molar-refractivity contribution in [3.63, 3.8) is 0 Å². The monoisotopic (exact) mass is 298 g/mol. The number of rotatable bonds is 4. The molecule has 0 radical (unpaired) electrons. The van der Waals surface area contributed by atoms with E-state index in [0.29, 0.717) is 17.4 Å². The van der Waals surface area contributed by atoms with Gasteiger partial charge in [0.1, 0.15) is 35.4 Å². The summed E-state index contributed by atoms with van der Waals surface area (Å²) in [7, 11) is 0. The minimum absolute atomic E-state index is 0.0312. The van der Waals surface area contributed by atoms with Crippen LogP contribution in [0, 0.1) is 5.82 Å². The van der Waals surface area contributed by atoms with Crippen molar-refractivity contribution >= 4 is 17.3 Å². The van der Waals surface area contributed by atoms with Crippen LogP contribution in [0.25, 0.3) is 11.0 Å². The molecule has 0 aliphatic carbocycles. The van der Waals surface area contributed by atoms with Crippen LogP contribution in [0.4, 0.5) is 4.39 Å². The van der Waals surface area contributed by atoms with Crippen LogP contribution in [0.3, 0.4) is 0 Å². The number of halogens is 1. The Balaban J connectivity index is 2.02. The van der Waals surface area contributed by atoms with Crippen LogP contribution in [-0.2, 0) is 6.61 Å². The Bertz CT molecular complexity index is 899. The predicted octanol–water partition coefficient (Wildman–Crippen LogP) is 3.32. The van der Waals surface area contributed by atoms with Crippen LogP contribution in [0.15, 0.2) is 57.9 Å². The van der Waals surface area contributed by atoms with Crippen molar-refractivity contribution in [2.45, 2.75) is 6.61 Å². The summed E-state index contributed by atoms with van der Waals surface area (Å²) in [5.41, 5.74) is 0.117. The molecule has 22 heavy (non-hydrogen) atoms. The zero-order valence-electron chi connectivity index (χ0n) is 11.4. The van der Waals surface area contributed by atoms with Crippen molar-refractivity contribution in [1.82, 2.24) is 0 Å². The van der Waals surface area contributed by atoms with Crippen LogP contribution in [0.2, 0.25) is 0 Å². The molecular formula is C17H11FO4. The second-order valence-electron chi connectivity index (χ2n) is 4.65. The molecule has 0 atom stereocenters. The van der Waals surface area contributed by atoms with Crippen molar-refractivity contribution in [3.05, 3.63) is 75.9 Å². The summed E-state index contributed by atoms with van der Waals surface area (Å²) in [5, 5.41) is 0.170. The SMILES string of the molecule is O=Cc1coc2cccc(OCc3ccccc3F)c2c1=O. The molecule has 1 heterocycles. The molecular weight excluding hydrogens is 287 g/mol. The van der Waals surface area contributed by atoms with Crippen LogP contribution >= 0.6 is 0 Å². The maximum atomic E-state index is 13.6. The molecule has 0 aliphatic rings. The van der Waals surface area contributed by atoms with E-state index in [2.05, 4.69) is 0 Å². The van der Waals surface area contributed by atoms with Gasteiger partial charge in [-0.1, -0.05) is 24.3 Å². The molecule has 4 nitrogen and oxygen atoms in total. The lowest BCUT2D eigenvalue weighted by Gasteiger charge is -2.09. The summed E-state index contributed by atoms with van der Waals surface area (Å²) >= 11 is 0. The number of aldehydes is 1. The molecule has 0 N–H and O–H groups in total. The van der Waals surface area contributed by atoms with E-state index in [9.17, 15) is 14.0 Å². The molecule has 0 saturated carbocycles. The van der Waals surface area contributed by atoms with Gasteiger partial charge in [-0.2, -0.15) is 0 Å². The molecule has 0 aliphatic heterocycles. The van der Waals surface area contributed by atoms with Crippen molar-refractivity contribution in [1.29, 1.82) is 0 Å². The molecule has 0 saturated heterocycles. The average Bonchev–Trinajstić information content (AvgIpc) is 2.54. The summed E-state index contributed by atoms with van der Waals surface area (Å²) in [4.78, 5) is 23.1. The molecule has 0 fully saturated rings. The van der Waals surface area contributed by atoms with E-state index < -0.39 is 5.43 Å². The van der Waals surface area contributed by atoms with E-state index in [-0.39, 0.29) is 29.1 Å². The summed E-state index contributed by atoms with van der Waals surface area (Å²) in [6.45, 7) is -0.0312. The zero-order valence-corrected chi connectivity index (χ0v) is 11.4. The minimum Gasteiger partial charge on any atom is -0.488 e. The van der Waals surface area contributed by atoms with Crippen LogP contribution in [0.1, 0.15) is 15.9 Å². The Morgan fingerprint density at radius 3 is 2.73 bits per heavy atom. The van der Waals surface area contributed by atoms with Gasteiger partial charge in [-0.25, -0.2) is 4.39 Å². The summed E-state index contributed by atoms with van der Waals surface area (Å²) < 4.78 is 24.4. The van der Waals surface area contributed by atoms with Gasteiger partial charge in [-0.15, -0.1) is 0 Å². The fourth-order valence-electron chi connectivity index (χ4n) is 2.13. The second-order valence-corrected chi connectivity index (χ2v) is 4.65. The van der Waals surface area contributed by atoms with E-state index >= 15 is 0 Å². The van der Waals surface area contributed by atoms with Crippen molar-refractivity contribution in [2.24, 2.45) is 0 Å². The van der Waals surface area contributed by atoms with Gasteiger partial charge in [0.2, 0.25) is 5.43 Å². The Labute approximate surface area is 124 Å². The second kappa shape index (κ2) is 5.81. The fraction of sp³-hybridized carbons (Fsp3) is 0.0588. The molecule has 0 spiro atoms. The van der Waals surface area contributed by atoms with Gasteiger partial charge >= 0.3 is 0 Å². The zero-order chi connectivity index (χ0) is 15.5. The lowest BCUT2D eigenvalue weighted by Crippen LogP contribution is -2.09. The van der Waals surface area contributed by atoms with E-state index in [4.69, 9.17) is 9.15 Å². The van der Waals surface area contributed by atoms with Gasteiger partial charge in [0, 0.05) is 5.56 Å². The summed E-state index contributed by atoms with van der Waals surface area (Å²) in [6.07, 6.45) is 1.54. The highest BCUT2D eigenvalue weighted by molar-refractivity contribution is 5.88. The third kappa shape index (κ3) is 2.48. The first-order chi connectivity index (χ1) is 10.7. The molecule has 0 amide bonds. The smallest absolute Gasteiger partial charge is 0.206 e. The Morgan fingerprint density at radius 1 is 1.14 bits per heavy atom. The van der Waals surface area contributed by atoms with Crippen molar-refractivity contribution in [2.75, 3.05) is 0 Å². The van der Waals surface area contributed by atoms with Gasteiger partial charge in [0.05, 0.1) is 5.56 Å². The minimum atomic E-state index is -0.472. The standard InChI is InChI=1S/C17H11FO4/c18-13-5-2-1-4-11(13)9-21-14-6-3-7-15-16(14)17(20)12(8-19)10-22-15/h1-8,10H,9H2. The van der Waals surface area contributed by atoms with Gasteiger partial charge in [-0.05, 0) is 18.2 Å². The third-order valence-electron chi connectivity index (χ3n) is 3.26. The van der Waals surface area contributed by atoms with E-state index in [1.165, 1.54) is 6.07 Å². The Hall–Kier alpha value is -2.95. The number of carbonyl (C=O) groups is 1. The maximum Gasteiger partial charge on any atom is 0.206 e. The number of carbonyl (C=O) groups excluding carboxylic acids is 1. The normalized spacial score (nSPS) is 10.6. The molecule has 0 unspecified atom stereocenters. The Kier molecular flexibility index (Phi) is 3.70. The Morgan fingerprint density at radius 2 is 1.95 bits per heavy atom. The topological polar surface area (TPSA) is 56.5 Å². The fourth-order valence-corrected chi connectivity index (χ4v) is 2.13. The van der Waals surface area contributed by atoms with E-state index in [1.54, 1.807) is 36.4 Å². The first-order valence-corrected chi connectivity index (χ1v) is 6.56. The molecule has 1 aromatic heterocycles. The highest BCUT2D eigenvalue weighted by atomic mass is 19.1. The molecule has 2 aromatic carbocycles. The number of benzene rings is 2. The maximum absolute atomic E-state index is 13.6. The van der Waals surface area contributed by atoms with Gasteiger partial charge in [-0.3, -0.25) is 9.59 Å². The molecule has 5 heteroatoms. The van der Waals surface area contributed by atoms with Crippen molar-refractivity contribution in [3.8, 4) is 5.75 Å². The van der Waals surface area contributed by atoms with Crippen LogP contribution in [-0.4, -0.2) is 6.29 Å². The summed E-state index contributed by atoms with van der Waals surface area (Å²) in [5.74, 6) is -0.137. The largest absolute Gasteiger partial charge is 0.488 e. The number of ether oxygens (including phenoxy) is 1. The molecule has 0 bridgehead atoms. The number of fused-ring (bicyclic) bond motifs is 1. The average molecular weight is 298 g/mol. The molecule has 3 rings (SSSR count). The van der Waals surface area contributed by atoms with E-state index in [0.717, 1.165) is 6.26 Å². The van der Waals surface area contributed by atoms with Crippen molar-refractivity contribution < 1.29 is 18.3 Å². The van der Waals surface area contributed by atoms with E-state index in [1.807, 2.05) is 0 Å². The first-order valence-electron chi connectivity index (χ1n) is 6.56. The van der Waals surface area contributed by atoms with Crippen LogP contribution < -0.4 is 10.2 Å². The third-order valence-corrected chi connectivity index (χ3v) is 3.26. The quantitative estimate of drug-likeness (QED) is 0.693. The first kappa shape index (κ1) is 14.0. The number of hydrogen-bond donors (Lipinski definition) is 0. The predicted molar refractivity (Wildman–Crippen MR) is 78.6 cm³/mol. The highest BCUT2D eigenvalue weighted by Gasteiger charge is 2.12. The molecule has 3 aromatic rings. The molecule has 110 valence electrons. The van der Waals surface area contributed by atoms with Crippen LogP contribution in [0.5, 0.6) is 5.75 Å². The lowest BCUT2D eigenvalue weighted by molar-refractivity contribution is 0.112.